The van der Waals surface area contributed by atoms with Gasteiger partial charge < -0.3 is 20.2 Å². The molecule has 0 aliphatic heterocycles. The number of hydrogen-bond donors (Lipinski definition) is 3. The van der Waals surface area contributed by atoms with Crippen LogP contribution in [0.5, 0.6) is 0 Å². The summed E-state index contributed by atoms with van der Waals surface area (Å²) in [6, 6.07) is 6.95. The number of aryl methyl sites for hydroxylation is 3. The number of benzene rings is 1. The Bertz CT molecular complexity index is 788. The number of hydrogen-bond acceptors (Lipinski definition) is 3. The Morgan fingerprint density at radius 2 is 1.93 bits per heavy atom. The molecule has 5 nitrogen and oxygen atoms in total. The molecule has 2 rings (SSSR count). The van der Waals surface area contributed by atoms with Crippen LogP contribution in [0.4, 0.5) is 4.39 Å². The normalized spacial score (nSPS) is 13.7. The third-order valence-corrected chi connectivity index (χ3v) is 4.22. The van der Waals surface area contributed by atoms with Gasteiger partial charge in [-0.3, -0.25) is 0 Å². The van der Waals surface area contributed by atoms with Gasteiger partial charge >= 0.3 is 0 Å². The summed E-state index contributed by atoms with van der Waals surface area (Å²) in [5.74, 6) is 1.79. The summed E-state index contributed by atoms with van der Waals surface area (Å²) in [7, 11) is 0. The van der Waals surface area contributed by atoms with Crippen molar-refractivity contribution in [1.82, 2.24) is 10.6 Å². The van der Waals surface area contributed by atoms with Gasteiger partial charge in [-0.1, -0.05) is 12.1 Å². The van der Waals surface area contributed by atoms with Gasteiger partial charge in [0.2, 0.25) is 0 Å². The van der Waals surface area contributed by atoms with Crippen LogP contribution in [0.1, 0.15) is 42.1 Å². The molecule has 0 bridgehead atoms. The van der Waals surface area contributed by atoms with Gasteiger partial charge in [-0.2, -0.15) is 0 Å². The molecule has 3 N–H and O–H groups in total. The third-order valence-electron chi connectivity index (χ3n) is 4.22. The predicted octanol–water partition coefficient (Wildman–Crippen LogP) is 3.92. The third kappa shape index (κ3) is 6.49. The number of nitrogens with zero attached hydrogens (tertiary/aromatic N) is 1. The molecule has 2 aromatic rings. The molecule has 1 aromatic carbocycles. The molecule has 0 spiro atoms. The van der Waals surface area contributed by atoms with Crippen molar-refractivity contribution < 1.29 is 13.9 Å². The molecule has 0 saturated carbocycles. The number of furan rings is 1. The van der Waals surface area contributed by atoms with E-state index < -0.39 is 5.60 Å². The second-order valence-corrected chi connectivity index (χ2v) is 6.73. The fourth-order valence-corrected chi connectivity index (χ4v) is 2.76. The van der Waals surface area contributed by atoms with Crippen LogP contribution in [0.3, 0.4) is 0 Å². The van der Waals surface area contributed by atoms with Crippen molar-refractivity contribution in [1.29, 1.82) is 0 Å². The monoisotopic (exact) mass is 489 g/mol. The minimum Gasteiger partial charge on any atom is -0.466 e. The second-order valence-electron chi connectivity index (χ2n) is 6.73. The Balaban J connectivity index is 0.00000364. The van der Waals surface area contributed by atoms with E-state index in [2.05, 4.69) is 15.6 Å². The summed E-state index contributed by atoms with van der Waals surface area (Å²) in [6.07, 6.45) is 0. The van der Waals surface area contributed by atoms with E-state index in [1.165, 1.54) is 6.07 Å². The minimum absolute atomic E-state index is 0. The predicted molar refractivity (Wildman–Crippen MR) is 117 cm³/mol. The molecule has 1 aromatic heterocycles. The van der Waals surface area contributed by atoms with E-state index in [1.54, 1.807) is 19.9 Å². The smallest absolute Gasteiger partial charge is 0.191 e. The van der Waals surface area contributed by atoms with Crippen molar-refractivity contribution in [3.05, 3.63) is 58.3 Å². The zero-order valence-electron chi connectivity index (χ0n) is 16.5. The minimum atomic E-state index is -1.10. The zero-order valence-corrected chi connectivity index (χ0v) is 18.8. The zero-order chi connectivity index (χ0) is 19.3. The SMILES string of the molecule is CCNC(=NCc1ccc(C)c(F)c1)NCC(C)(O)c1cc(C)oc1C.I. The first-order valence-corrected chi connectivity index (χ1v) is 8.80. The van der Waals surface area contributed by atoms with E-state index in [9.17, 15) is 9.50 Å². The van der Waals surface area contributed by atoms with Crippen LogP contribution in [0.25, 0.3) is 0 Å². The van der Waals surface area contributed by atoms with E-state index in [1.807, 2.05) is 32.9 Å². The lowest BCUT2D eigenvalue weighted by atomic mass is 9.96. The summed E-state index contributed by atoms with van der Waals surface area (Å²) < 4.78 is 19.2. The highest BCUT2D eigenvalue weighted by Crippen LogP contribution is 2.26. The first kappa shape index (κ1) is 23.4. The molecule has 0 radical (unpaired) electrons. The summed E-state index contributed by atoms with van der Waals surface area (Å²) in [4.78, 5) is 4.47. The Kier molecular flexibility index (Phi) is 8.74. The van der Waals surface area contributed by atoms with Crippen molar-refractivity contribution in [3.63, 3.8) is 0 Å². The van der Waals surface area contributed by atoms with Crippen LogP contribution in [0, 0.1) is 26.6 Å². The number of aliphatic hydroxyl groups is 1. The molecule has 1 heterocycles. The Morgan fingerprint density at radius 3 is 2.48 bits per heavy atom. The van der Waals surface area contributed by atoms with E-state index in [0.29, 0.717) is 30.4 Å². The number of aliphatic imine (C=N–C) groups is 1. The van der Waals surface area contributed by atoms with Gasteiger partial charge in [-0.15, -0.1) is 24.0 Å². The maximum Gasteiger partial charge on any atom is 0.191 e. The molecule has 1 unspecified atom stereocenters. The topological polar surface area (TPSA) is 69.8 Å². The maximum absolute atomic E-state index is 13.7. The van der Waals surface area contributed by atoms with Gasteiger partial charge in [-0.25, -0.2) is 9.38 Å². The number of rotatable bonds is 6. The van der Waals surface area contributed by atoms with Gasteiger partial charge in [-0.05, 0) is 57.9 Å². The van der Waals surface area contributed by atoms with Crippen LogP contribution in [-0.2, 0) is 12.1 Å². The number of halogens is 2. The van der Waals surface area contributed by atoms with Gasteiger partial charge in [0, 0.05) is 12.1 Å². The molecular formula is C20H29FIN3O2. The molecule has 0 aliphatic carbocycles. The molecule has 27 heavy (non-hydrogen) atoms. The second kappa shape index (κ2) is 10.1. The Morgan fingerprint density at radius 1 is 1.22 bits per heavy atom. The lowest BCUT2D eigenvalue weighted by Crippen LogP contribution is -2.44. The van der Waals surface area contributed by atoms with Crippen LogP contribution < -0.4 is 10.6 Å². The molecule has 0 amide bonds. The average molecular weight is 489 g/mol. The largest absolute Gasteiger partial charge is 0.466 e. The molecule has 0 saturated heterocycles. The molecule has 7 heteroatoms. The lowest BCUT2D eigenvalue weighted by molar-refractivity contribution is 0.0601. The molecule has 150 valence electrons. The Labute approximate surface area is 177 Å². The van der Waals surface area contributed by atoms with Crippen molar-refractivity contribution in [2.75, 3.05) is 13.1 Å². The summed E-state index contributed by atoms with van der Waals surface area (Å²) >= 11 is 0. The summed E-state index contributed by atoms with van der Waals surface area (Å²) in [6.45, 7) is 10.4. The van der Waals surface area contributed by atoms with Crippen molar-refractivity contribution in [2.45, 2.75) is 46.8 Å². The van der Waals surface area contributed by atoms with Crippen molar-refractivity contribution in [2.24, 2.45) is 4.99 Å². The van der Waals surface area contributed by atoms with E-state index in [4.69, 9.17) is 4.42 Å². The molecular weight excluding hydrogens is 460 g/mol. The maximum atomic E-state index is 13.7. The number of guanidine groups is 1. The summed E-state index contributed by atoms with van der Waals surface area (Å²) in [5, 5.41) is 17.1. The van der Waals surface area contributed by atoms with E-state index in [-0.39, 0.29) is 36.3 Å². The van der Waals surface area contributed by atoms with Crippen LogP contribution in [0.2, 0.25) is 0 Å². The van der Waals surface area contributed by atoms with Gasteiger partial charge in [0.15, 0.2) is 5.96 Å². The van der Waals surface area contributed by atoms with Crippen LogP contribution in [0.15, 0.2) is 33.7 Å². The van der Waals surface area contributed by atoms with Crippen LogP contribution >= 0.6 is 24.0 Å². The van der Waals surface area contributed by atoms with Gasteiger partial charge in [0.25, 0.3) is 0 Å². The highest BCUT2D eigenvalue weighted by atomic mass is 127. The van der Waals surface area contributed by atoms with Gasteiger partial charge in [0.1, 0.15) is 22.9 Å². The highest BCUT2D eigenvalue weighted by Gasteiger charge is 2.27. The quantitative estimate of drug-likeness (QED) is 0.327. The fraction of sp³-hybridized carbons (Fsp3) is 0.450. The number of nitrogens with one attached hydrogen (secondary N) is 2. The van der Waals surface area contributed by atoms with E-state index in [0.717, 1.165) is 16.9 Å². The first-order valence-electron chi connectivity index (χ1n) is 8.80. The average Bonchev–Trinajstić information content (AvgIpc) is 2.92. The standard InChI is InChI=1S/C20H28FN3O2.HI/c1-6-22-19(23-11-16-8-7-13(2)18(21)10-16)24-12-20(5,25)17-9-14(3)26-15(17)4;/h7-10,25H,6,11-12H2,1-5H3,(H2,22,23,24);1H. The fourth-order valence-electron chi connectivity index (χ4n) is 2.76. The molecule has 0 aliphatic rings. The molecule has 0 fully saturated rings. The van der Waals surface area contributed by atoms with Gasteiger partial charge in [0.05, 0.1) is 13.1 Å². The van der Waals surface area contributed by atoms with E-state index >= 15 is 0 Å². The summed E-state index contributed by atoms with van der Waals surface area (Å²) in [5.41, 5.74) is 1.05. The Hall–Kier alpha value is -1.61. The van der Waals surface area contributed by atoms with Crippen molar-refractivity contribution in [3.8, 4) is 0 Å². The van der Waals surface area contributed by atoms with Crippen molar-refractivity contribution >= 4 is 29.9 Å². The van der Waals surface area contributed by atoms with Crippen LogP contribution in [-0.4, -0.2) is 24.2 Å². The first-order chi connectivity index (χ1) is 12.2. The molecule has 1 atom stereocenters. The lowest BCUT2D eigenvalue weighted by Gasteiger charge is -2.24. The highest BCUT2D eigenvalue weighted by molar-refractivity contribution is 14.0.